The second kappa shape index (κ2) is 11.2. The molecule has 0 spiro atoms. The van der Waals surface area contributed by atoms with Gasteiger partial charge in [-0.2, -0.15) is 16.8 Å². The summed E-state index contributed by atoms with van der Waals surface area (Å²) in [7, 11) is -9.26. The Hall–Kier alpha value is -0.630. The average Bonchev–Trinajstić information content (AvgIpc) is 3.12. The van der Waals surface area contributed by atoms with Gasteiger partial charge in [-0.15, -0.1) is 0 Å². The summed E-state index contributed by atoms with van der Waals surface area (Å²) in [5.74, 6) is 0.526. The summed E-state index contributed by atoms with van der Waals surface area (Å²) in [6, 6.07) is 0. The lowest BCUT2D eigenvalue weighted by molar-refractivity contribution is -0.179. The minimum atomic E-state index is -4.70. The number of carbonyl (C=O) groups excluding carboxylic acids is 1. The molecule has 10 atom stereocenters. The largest absolute Gasteiger partial charge is 0.397 e. The first-order valence-corrected chi connectivity index (χ1v) is 17.2. The van der Waals surface area contributed by atoms with Gasteiger partial charge in [0.2, 0.25) is 0 Å². The molecule has 4 rings (SSSR count). The quantitative estimate of drug-likeness (QED) is 0.312. The molecule has 39 heavy (non-hydrogen) atoms. The molecule has 0 radical (unpaired) electrons. The molecule has 0 heterocycles. The number of aliphatic hydroxyl groups excluding tert-OH is 1. The second-order valence-electron chi connectivity index (χ2n) is 13.7. The van der Waals surface area contributed by atoms with E-state index in [9.17, 15) is 35.8 Å². The van der Waals surface area contributed by atoms with Crippen LogP contribution in [0.1, 0.15) is 91.9 Å². The van der Waals surface area contributed by atoms with E-state index in [4.69, 9.17) is 8.37 Å². The van der Waals surface area contributed by atoms with Gasteiger partial charge in [0.25, 0.3) is 0 Å². The van der Waals surface area contributed by atoms with E-state index in [1.54, 1.807) is 0 Å². The van der Waals surface area contributed by atoms with Crippen LogP contribution < -0.4 is 0 Å². The zero-order chi connectivity index (χ0) is 29.0. The van der Waals surface area contributed by atoms with Crippen LogP contribution in [0.25, 0.3) is 0 Å². The Morgan fingerprint density at radius 3 is 2.21 bits per heavy atom. The van der Waals surface area contributed by atoms with Gasteiger partial charge >= 0.3 is 20.8 Å². The fraction of sp³-hybridized carbons (Fsp3) is 0.963. The van der Waals surface area contributed by atoms with Crippen LogP contribution >= 0.6 is 0 Å². The molecule has 0 aromatic rings. The van der Waals surface area contributed by atoms with Crippen LogP contribution in [0.3, 0.4) is 0 Å². The van der Waals surface area contributed by atoms with Crippen LogP contribution in [0.15, 0.2) is 0 Å². The Kier molecular flexibility index (Phi) is 9.01. The number of fused-ring (bicyclic) bond motifs is 5. The average molecular weight is 595 g/mol. The minimum Gasteiger partial charge on any atom is -0.390 e. The van der Waals surface area contributed by atoms with Crippen LogP contribution in [-0.4, -0.2) is 55.6 Å². The van der Waals surface area contributed by atoms with E-state index in [1.807, 2.05) is 6.92 Å². The van der Waals surface area contributed by atoms with E-state index < -0.39 is 38.4 Å². The van der Waals surface area contributed by atoms with Gasteiger partial charge in [-0.3, -0.25) is 13.9 Å². The summed E-state index contributed by atoms with van der Waals surface area (Å²) in [6.45, 7) is 8.42. The number of aliphatic hydroxyl groups is 1. The van der Waals surface area contributed by atoms with E-state index in [-0.39, 0.29) is 59.7 Å². The first-order valence-electron chi connectivity index (χ1n) is 14.4. The lowest BCUT2D eigenvalue weighted by Crippen LogP contribution is -2.61. The summed E-state index contributed by atoms with van der Waals surface area (Å²) >= 11 is 0. The van der Waals surface area contributed by atoms with E-state index in [1.165, 1.54) is 0 Å². The minimum absolute atomic E-state index is 0.0900. The molecule has 0 aromatic heterocycles. The van der Waals surface area contributed by atoms with Crippen molar-refractivity contribution in [3.8, 4) is 0 Å². The van der Waals surface area contributed by atoms with Gasteiger partial charge in [0, 0.05) is 12.3 Å². The number of carbonyl (C=O) groups is 1. The van der Waals surface area contributed by atoms with Gasteiger partial charge in [0.15, 0.2) is 0 Å². The monoisotopic (exact) mass is 594 g/mol. The predicted molar refractivity (Wildman–Crippen MR) is 143 cm³/mol. The molecule has 0 aliphatic heterocycles. The van der Waals surface area contributed by atoms with Crippen molar-refractivity contribution in [1.29, 1.82) is 0 Å². The van der Waals surface area contributed by atoms with E-state index in [0.717, 1.165) is 38.5 Å². The highest BCUT2D eigenvalue weighted by Crippen LogP contribution is 2.67. The van der Waals surface area contributed by atoms with Crippen LogP contribution in [0.4, 0.5) is 0 Å². The third-order valence-electron chi connectivity index (χ3n) is 11.1. The van der Waals surface area contributed by atoms with Crippen molar-refractivity contribution in [1.82, 2.24) is 0 Å². The maximum Gasteiger partial charge on any atom is 0.397 e. The highest BCUT2D eigenvalue weighted by atomic mass is 32.3. The first kappa shape index (κ1) is 31.3. The number of hydrogen-bond acceptors (Lipinski definition) is 8. The van der Waals surface area contributed by atoms with Gasteiger partial charge in [-0.1, -0.05) is 40.5 Å². The summed E-state index contributed by atoms with van der Waals surface area (Å²) in [4.78, 5) is 14.0. The van der Waals surface area contributed by atoms with E-state index >= 15 is 0 Å². The van der Waals surface area contributed by atoms with Gasteiger partial charge in [-0.05, 0) is 91.3 Å². The first-order chi connectivity index (χ1) is 18.0. The van der Waals surface area contributed by atoms with Crippen LogP contribution in [0.2, 0.25) is 0 Å². The summed E-state index contributed by atoms with van der Waals surface area (Å²) in [5, 5.41) is 11.1. The molecule has 226 valence electrons. The van der Waals surface area contributed by atoms with Crippen molar-refractivity contribution in [2.75, 3.05) is 6.61 Å². The van der Waals surface area contributed by atoms with Crippen LogP contribution in [0.5, 0.6) is 0 Å². The molecule has 0 unspecified atom stereocenters. The molecular formula is C27H46O10S2. The fourth-order valence-electron chi connectivity index (χ4n) is 9.55. The molecule has 10 nitrogen and oxygen atoms in total. The lowest BCUT2D eigenvalue weighted by atomic mass is 9.43. The predicted octanol–water partition coefficient (Wildman–Crippen LogP) is 4.25. The molecule has 0 saturated heterocycles. The number of rotatable bonds is 10. The molecule has 4 aliphatic carbocycles. The molecule has 12 heteroatoms. The van der Waals surface area contributed by atoms with Crippen molar-refractivity contribution >= 4 is 26.6 Å². The van der Waals surface area contributed by atoms with E-state index in [0.29, 0.717) is 25.2 Å². The molecule has 0 bridgehead atoms. The topological polar surface area (TPSA) is 164 Å². The van der Waals surface area contributed by atoms with Gasteiger partial charge in [0.05, 0.1) is 12.7 Å². The summed E-state index contributed by atoms with van der Waals surface area (Å²) < 4.78 is 73.7. The highest BCUT2D eigenvalue weighted by molar-refractivity contribution is 7.81. The molecule has 0 amide bonds. The normalized spacial score (nSPS) is 41.6. The van der Waals surface area contributed by atoms with Gasteiger partial charge in [0.1, 0.15) is 11.9 Å². The van der Waals surface area contributed by atoms with Crippen molar-refractivity contribution in [2.45, 2.75) is 104 Å². The molecule has 4 fully saturated rings. The molecule has 4 aliphatic rings. The Morgan fingerprint density at radius 1 is 0.923 bits per heavy atom. The van der Waals surface area contributed by atoms with Crippen molar-refractivity contribution in [3.63, 3.8) is 0 Å². The fourth-order valence-corrected chi connectivity index (χ4v) is 10.4. The highest BCUT2D eigenvalue weighted by Gasteiger charge is 2.65. The Labute approximate surface area is 233 Å². The summed E-state index contributed by atoms with van der Waals surface area (Å²) in [6.07, 6.45) is 4.87. The molecule has 3 N–H and O–H groups in total. The Balaban J connectivity index is 1.56. The van der Waals surface area contributed by atoms with Gasteiger partial charge in [-0.25, -0.2) is 8.37 Å². The van der Waals surface area contributed by atoms with Crippen LogP contribution in [0, 0.1) is 52.3 Å². The standard InChI is InChI=1S/C27H46O10S2/c1-16(2)6-5-7-17(15-36-38(30,31)32)19-10-11-20-18-8-9-21-25(29)23(37-39(33,34)35)12-13-26(21,3)24(18)22(28)14-27(19,20)4/h16-21,23-25,29H,5-15H2,1-4H3,(H,30,31,32)(H,33,34,35)/t17-,18-,19+,20-,21+,23+,24+,25-,26-,27+/m0/s1. The number of Topliss-reactive ketones (excluding diaryl/α,β-unsaturated/α-hetero) is 1. The maximum absolute atomic E-state index is 14.0. The lowest BCUT2D eigenvalue weighted by Gasteiger charge is -2.61. The summed E-state index contributed by atoms with van der Waals surface area (Å²) in [5.41, 5.74) is -0.806. The third kappa shape index (κ3) is 6.41. The Morgan fingerprint density at radius 2 is 1.59 bits per heavy atom. The molecule has 0 aromatic carbocycles. The molecule has 4 saturated carbocycles. The smallest absolute Gasteiger partial charge is 0.390 e. The zero-order valence-electron chi connectivity index (χ0n) is 23.5. The van der Waals surface area contributed by atoms with Crippen molar-refractivity contribution < 1.29 is 44.2 Å². The van der Waals surface area contributed by atoms with Crippen molar-refractivity contribution in [2.24, 2.45) is 52.3 Å². The number of ketones is 1. The van der Waals surface area contributed by atoms with E-state index in [2.05, 4.69) is 20.8 Å². The SMILES string of the molecule is CC(C)CCC[C@@H](COS(=O)(=O)O)[C@H]1CC[C@H]2[C@@H]3CC[C@@H]4[C@H](O)[C@H](OS(=O)(=O)O)CC[C@]4(C)[C@H]3C(=O)C[C@]12C. The van der Waals surface area contributed by atoms with Gasteiger partial charge < -0.3 is 5.11 Å². The van der Waals surface area contributed by atoms with Crippen LogP contribution in [-0.2, 0) is 34.0 Å². The zero-order valence-corrected chi connectivity index (χ0v) is 25.1. The second-order valence-corrected chi connectivity index (χ2v) is 15.8. The third-order valence-corrected chi connectivity index (χ3v) is 12.0. The Bertz CT molecular complexity index is 1120. The van der Waals surface area contributed by atoms with Crippen molar-refractivity contribution in [3.05, 3.63) is 0 Å². The molecular weight excluding hydrogens is 548 g/mol. The number of hydrogen-bond donors (Lipinski definition) is 3. The maximum atomic E-state index is 14.0.